The van der Waals surface area contributed by atoms with Crippen LogP contribution in [0.2, 0.25) is 0 Å². The molecule has 2 rings (SSSR count). The zero-order chi connectivity index (χ0) is 12.1. The lowest BCUT2D eigenvalue weighted by molar-refractivity contribution is -0.115. The number of hydrogen-bond donors (Lipinski definition) is 1. The van der Waals surface area contributed by atoms with Crippen LogP contribution >= 0.6 is 11.6 Å². The lowest BCUT2D eigenvalue weighted by atomic mass is 10.3. The van der Waals surface area contributed by atoms with Crippen molar-refractivity contribution in [1.82, 2.24) is 19.7 Å². The number of hydrogen-bond acceptors (Lipinski definition) is 4. The minimum absolute atomic E-state index is 0.158. The van der Waals surface area contributed by atoms with Crippen LogP contribution in [0.1, 0.15) is 6.42 Å². The van der Waals surface area contributed by atoms with Crippen LogP contribution in [0.15, 0.2) is 31.0 Å². The Bertz CT molecular complexity index is 499. The van der Waals surface area contributed by atoms with E-state index in [2.05, 4.69) is 20.4 Å². The van der Waals surface area contributed by atoms with E-state index in [4.69, 9.17) is 11.6 Å². The van der Waals surface area contributed by atoms with Gasteiger partial charge in [-0.05, 0) is 12.1 Å². The molecule has 7 heteroatoms. The maximum Gasteiger partial charge on any atom is 0.225 e. The van der Waals surface area contributed by atoms with Gasteiger partial charge in [-0.3, -0.25) is 4.79 Å². The molecular formula is C10H10ClN5O. The Balaban J connectivity index is 2.25. The summed E-state index contributed by atoms with van der Waals surface area (Å²) in [4.78, 5) is 19.4. The highest BCUT2D eigenvalue weighted by atomic mass is 35.5. The van der Waals surface area contributed by atoms with E-state index in [0.29, 0.717) is 11.5 Å². The number of nitrogens with one attached hydrogen (secondary N) is 1. The molecule has 0 unspecified atom stereocenters. The molecule has 0 aromatic carbocycles. The van der Waals surface area contributed by atoms with Crippen LogP contribution in [-0.2, 0) is 4.79 Å². The van der Waals surface area contributed by atoms with Crippen LogP contribution in [0.3, 0.4) is 0 Å². The highest BCUT2D eigenvalue weighted by Gasteiger charge is 2.09. The van der Waals surface area contributed by atoms with E-state index >= 15 is 0 Å². The number of nitrogens with zero attached hydrogens (tertiary/aromatic N) is 4. The number of pyridine rings is 1. The van der Waals surface area contributed by atoms with Crippen LogP contribution < -0.4 is 5.32 Å². The topological polar surface area (TPSA) is 72.7 Å². The van der Waals surface area contributed by atoms with Gasteiger partial charge in [0.15, 0.2) is 5.82 Å². The third-order valence-corrected chi connectivity index (χ3v) is 2.21. The van der Waals surface area contributed by atoms with Crippen molar-refractivity contribution in [3.8, 4) is 5.82 Å². The van der Waals surface area contributed by atoms with E-state index in [1.807, 2.05) is 0 Å². The van der Waals surface area contributed by atoms with Gasteiger partial charge in [-0.25, -0.2) is 14.6 Å². The lowest BCUT2D eigenvalue weighted by Crippen LogP contribution is -2.14. The lowest BCUT2D eigenvalue weighted by Gasteiger charge is -2.08. The number of aromatic nitrogens is 4. The second-order valence-electron chi connectivity index (χ2n) is 3.20. The van der Waals surface area contributed by atoms with Crippen molar-refractivity contribution in [3.63, 3.8) is 0 Å². The van der Waals surface area contributed by atoms with Crippen molar-refractivity contribution in [2.24, 2.45) is 0 Å². The fraction of sp³-hybridized carbons (Fsp3) is 0.200. The Hall–Kier alpha value is -1.95. The summed E-state index contributed by atoms with van der Waals surface area (Å²) in [6, 6.07) is 3.48. The highest BCUT2D eigenvalue weighted by Crippen LogP contribution is 2.15. The van der Waals surface area contributed by atoms with Crippen molar-refractivity contribution in [2.45, 2.75) is 6.42 Å². The van der Waals surface area contributed by atoms with Crippen molar-refractivity contribution in [2.75, 3.05) is 11.2 Å². The average Bonchev–Trinajstić information content (AvgIpc) is 2.83. The van der Waals surface area contributed by atoms with Gasteiger partial charge in [-0.1, -0.05) is 0 Å². The van der Waals surface area contributed by atoms with Gasteiger partial charge >= 0.3 is 0 Å². The number of halogens is 1. The SMILES string of the molecule is O=C(CCCl)Nc1cccnc1-n1cncn1. The number of amides is 1. The van der Waals surface area contributed by atoms with Gasteiger partial charge in [-0.15, -0.1) is 11.6 Å². The molecule has 0 aliphatic heterocycles. The predicted octanol–water partition coefficient (Wildman–Crippen LogP) is 1.23. The van der Waals surface area contributed by atoms with Crippen LogP contribution in [0.5, 0.6) is 0 Å². The maximum absolute atomic E-state index is 11.5. The van der Waals surface area contributed by atoms with Crippen LogP contribution in [-0.4, -0.2) is 31.5 Å². The van der Waals surface area contributed by atoms with Crippen LogP contribution in [0.4, 0.5) is 5.69 Å². The maximum atomic E-state index is 11.5. The molecule has 0 bridgehead atoms. The fourth-order valence-corrected chi connectivity index (χ4v) is 1.46. The molecule has 1 amide bonds. The number of carbonyl (C=O) groups is 1. The van der Waals surface area contributed by atoms with Crippen molar-refractivity contribution >= 4 is 23.2 Å². The first-order valence-electron chi connectivity index (χ1n) is 4.97. The number of alkyl halides is 1. The van der Waals surface area contributed by atoms with Gasteiger partial charge in [0.2, 0.25) is 5.91 Å². The number of rotatable bonds is 4. The van der Waals surface area contributed by atoms with Crippen molar-refractivity contribution in [3.05, 3.63) is 31.0 Å². The van der Waals surface area contributed by atoms with Gasteiger partial charge in [0, 0.05) is 18.5 Å². The van der Waals surface area contributed by atoms with Gasteiger partial charge in [0.1, 0.15) is 12.7 Å². The third-order valence-electron chi connectivity index (χ3n) is 2.02. The molecule has 0 fully saturated rings. The van der Waals surface area contributed by atoms with E-state index in [9.17, 15) is 4.79 Å². The zero-order valence-corrected chi connectivity index (χ0v) is 9.63. The molecule has 2 heterocycles. The largest absolute Gasteiger partial charge is 0.323 e. The van der Waals surface area contributed by atoms with Gasteiger partial charge < -0.3 is 5.32 Å². The van der Waals surface area contributed by atoms with Crippen LogP contribution in [0.25, 0.3) is 5.82 Å². The molecule has 2 aromatic rings. The Kier molecular flexibility index (Phi) is 3.66. The van der Waals surface area contributed by atoms with Crippen LogP contribution in [0, 0.1) is 0 Å². The molecule has 17 heavy (non-hydrogen) atoms. The first kappa shape index (κ1) is 11.5. The molecule has 0 aliphatic rings. The summed E-state index contributed by atoms with van der Waals surface area (Å²) in [7, 11) is 0. The summed E-state index contributed by atoms with van der Waals surface area (Å²) in [6.07, 6.45) is 4.79. The second kappa shape index (κ2) is 5.40. The van der Waals surface area contributed by atoms with E-state index in [0.717, 1.165) is 0 Å². The quantitative estimate of drug-likeness (QED) is 0.830. The molecular weight excluding hydrogens is 242 g/mol. The predicted molar refractivity (Wildman–Crippen MR) is 63.1 cm³/mol. The first-order valence-corrected chi connectivity index (χ1v) is 5.50. The summed E-state index contributed by atoms with van der Waals surface area (Å²) < 4.78 is 1.48. The Morgan fingerprint density at radius 2 is 2.41 bits per heavy atom. The minimum Gasteiger partial charge on any atom is -0.323 e. The zero-order valence-electron chi connectivity index (χ0n) is 8.88. The fourth-order valence-electron chi connectivity index (χ4n) is 1.29. The minimum atomic E-state index is -0.158. The molecule has 6 nitrogen and oxygen atoms in total. The normalized spacial score (nSPS) is 10.2. The number of carbonyl (C=O) groups excluding carboxylic acids is 1. The van der Waals surface area contributed by atoms with E-state index < -0.39 is 0 Å². The van der Waals surface area contributed by atoms with E-state index in [1.54, 1.807) is 18.3 Å². The molecule has 2 aromatic heterocycles. The summed E-state index contributed by atoms with van der Waals surface area (Å²) >= 11 is 5.50. The third kappa shape index (κ3) is 2.79. The Morgan fingerprint density at radius 3 is 3.12 bits per heavy atom. The Labute approximate surface area is 103 Å². The molecule has 0 saturated carbocycles. The molecule has 0 aliphatic carbocycles. The van der Waals surface area contributed by atoms with Crippen molar-refractivity contribution < 1.29 is 4.79 Å². The summed E-state index contributed by atoms with van der Waals surface area (Å²) in [6.45, 7) is 0. The Morgan fingerprint density at radius 1 is 1.53 bits per heavy atom. The molecule has 0 radical (unpaired) electrons. The van der Waals surface area contributed by atoms with E-state index in [1.165, 1.54) is 17.3 Å². The first-order chi connectivity index (χ1) is 8.31. The summed E-state index contributed by atoms with van der Waals surface area (Å²) in [5.41, 5.74) is 0.577. The monoisotopic (exact) mass is 251 g/mol. The second-order valence-corrected chi connectivity index (χ2v) is 3.58. The van der Waals surface area contributed by atoms with Gasteiger partial charge in [0.05, 0.1) is 5.69 Å². The molecule has 0 saturated heterocycles. The standard InChI is InChI=1S/C10H10ClN5O/c11-4-3-9(17)15-8-2-1-5-13-10(8)16-7-12-6-14-16/h1-2,5-7H,3-4H2,(H,15,17). The molecule has 0 spiro atoms. The van der Waals surface area contributed by atoms with Gasteiger partial charge in [0.25, 0.3) is 0 Å². The van der Waals surface area contributed by atoms with Crippen molar-refractivity contribution in [1.29, 1.82) is 0 Å². The molecule has 0 atom stereocenters. The number of anilines is 1. The highest BCUT2D eigenvalue weighted by molar-refractivity contribution is 6.19. The van der Waals surface area contributed by atoms with E-state index in [-0.39, 0.29) is 18.2 Å². The molecule has 1 N–H and O–H groups in total. The van der Waals surface area contributed by atoms with Gasteiger partial charge in [-0.2, -0.15) is 5.10 Å². The smallest absolute Gasteiger partial charge is 0.225 e. The summed E-state index contributed by atoms with van der Waals surface area (Å²) in [5.74, 6) is 0.646. The average molecular weight is 252 g/mol. The summed E-state index contributed by atoms with van der Waals surface area (Å²) in [5, 5.41) is 6.69. The molecule has 88 valence electrons.